The van der Waals surface area contributed by atoms with Crippen molar-refractivity contribution < 1.29 is 14.4 Å². The van der Waals surface area contributed by atoms with Crippen molar-refractivity contribution in [2.75, 3.05) is 14.2 Å². The third-order valence-electron chi connectivity index (χ3n) is 7.26. The van der Waals surface area contributed by atoms with Gasteiger partial charge < -0.3 is 14.4 Å². The first kappa shape index (κ1) is 25.0. The highest BCUT2D eigenvalue weighted by molar-refractivity contribution is 8.16. The summed E-state index contributed by atoms with van der Waals surface area (Å²) < 4.78 is 11.0. The molecule has 0 saturated carbocycles. The van der Waals surface area contributed by atoms with Gasteiger partial charge in [-0.15, -0.1) is 0 Å². The predicted molar refractivity (Wildman–Crippen MR) is 156 cm³/mol. The number of amidine groups is 1. The van der Waals surface area contributed by atoms with Crippen molar-refractivity contribution in [3.05, 3.63) is 122 Å². The van der Waals surface area contributed by atoms with Crippen LogP contribution in [0, 0.1) is 10.1 Å². The lowest BCUT2D eigenvalue weighted by Crippen LogP contribution is -2.34. The topological polar surface area (TPSA) is 77.2 Å². The average molecular weight is 538 g/mol. The Morgan fingerprint density at radius 3 is 2.49 bits per heavy atom. The Kier molecular flexibility index (Phi) is 6.70. The van der Waals surface area contributed by atoms with E-state index >= 15 is 0 Å². The molecule has 2 aliphatic heterocycles. The van der Waals surface area contributed by atoms with Gasteiger partial charge >= 0.3 is 0 Å². The fourth-order valence-corrected chi connectivity index (χ4v) is 6.35. The molecule has 0 fully saturated rings. The monoisotopic (exact) mass is 537 g/mol. The number of benzene rings is 3. The number of nitro groups is 1. The zero-order valence-electron chi connectivity index (χ0n) is 21.7. The molecule has 1 aliphatic carbocycles. The van der Waals surface area contributed by atoms with Crippen LogP contribution in [0.2, 0.25) is 0 Å². The van der Waals surface area contributed by atoms with E-state index in [9.17, 15) is 10.1 Å². The molecule has 3 aromatic rings. The van der Waals surface area contributed by atoms with Crippen molar-refractivity contribution in [3.63, 3.8) is 0 Å². The molecule has 0 saturated heterocycles. The number of nitrogens with zero attached hydrogens (tertiary/aromatic N) is 3. The van der Waals surface area contributed by atoms with Gasteiger partial charge in [-0.2, -0.15) is 0 Å². The predicted octanol–water partition coefficient (Wildman–Crippen LogP) is 7.59. The van der Waals surface area contributed by atoms with Crippen LogP contribution in [0.4, 0.5) is 5.69 Å². The van der Waals surface area contributed by atoms with Crippen molar-refractivity contribution >= 4 is 34.4 Å². The second-order valence-corrected chi connectivity index (χ2v) is 10.4. The third-order valence-corrected chi connectivity index (χ3v) is 8.10. The van der Waals surface area contributed by atoms with Gasteiger partial charge in [-0.1, -0.05) is 36.0 Å². The molecule has 0 amide bonds. The summed E-state index contributed by atoms with van der Waals surface area (Å²) in [7, 11) is 3.36. The maximum absolute atomic E-state index is 11.2. The maximum atomic E-state index is 11.2. The number of ether oxygens (including phenoxy) is 2. The van der Waals surface area contributed by atoms with Gasteiger partial charge in [0.15, 0.2) is 5.17 Å². The molecule has 1 unspecified atom stereocenters. The molecule has 3 aromatic carbocycles. The van der Waals surface area contributed by atoms with Gasteiger partial charge in [-0.05, 0) is 89.6 Å². The largest absolute Gasteiger partial charge is 0.497 e. The SMILES string of the molecule is COc1cccc(C=C2CCCC3=C2N=C2SC=C(c4ccc([N+](=O)[O-])cc4)N2C3c2cccc(OC)c2)c1. The van der Waals surface area contributed by atoms with E-state index in [0.29, 0.717) is 0 Å². The molecule has 1 atom stereocenters. The summed E-state index contributed by atoms with van der Waals surface area (Å²) in [6, 6.07) is 23.0. The molecule has 0 spiro atoms. The number of hydrogen-bond donors (Lipinski definition) is 0. The fraction of sp³-hybridized carbons (Fsp3) is 0.194. The summed E-state index contributed by atoms with van der Waals surface area (Å²) in [6.45, 7) is 0. The highest BCUT2D eigenvalue weighted by Gasteiger charge is 2.40. The number of aliphatic imine (C=N–C) groups is 1. The molecule has 0 N–H and O–H groups in total. The van der Waals surface area contributed by atoms with Gasteiger partial charge in [-0.3, -0.25) is 10.1 Å². The number of allylic oxidation sites excluding steroid dienone is 1. The van der Waals surface area contributed by atoms with Crippen molar-refractivity contribution in [2.45, 2.75) is 25.3 Å². The Morgan fingerprint density at radius 2 is 1.74 bits per heavy atom. The summed E-state index contributed by atoms with van der Waals surface area (Å²) in [5.41, 5.74) is 7.71. The second kappa shape index (κ2) is 10.5. The fourth-order valence-electron chi connectivity index (χ4n) is 5.42. The number of hydrogen-bond acceptors (Lipinski definition) is 7. The summed E-state index contributed by atoms with van der Waals surface area (Å²) >= 11 is 1.59. The average Bonchev–Trinajstić information content (AvgIpc) is 3.40. The quantitative estimate of drug-likeness (QED) is 0.238. The molecule has 2 heterocycles. The van der Waals surface area contributed by atoms with Gasteiger partial charge in [0.25, 0.3) is 5.69 Å². The molecular formula is C31H27N3O4S. The molecule has 6 rings (SSSR count). The molecular weight excluding hydrogens is 510 g/mol. The van der Waals surface area contributed by atoms with E-state index in [1.165, 1.54) is 11.1 Å². The van der Waals surface area contributed by atoms with E-state index in [0.717, 1.165) is 64.0 Å². The lowest BCUT2D eigenvalue weighted by atomic mass is 9.82. The van der Waals surface area contributed by atoms with Crippen molar-refractivity contribution in [1.29, 1.82) is 0 Å². The standard InChI is InChI=1S/C31H27N3O4S/c1-37-25-9-3-6-20(17-25)16-22-7-5-11-27-29(22)32-31-33(30(27)23-8-4-10-26(18-23)38-2)28(19-39-31)21-12-14-24(15-13-21)34(35)36/h3-4,6,8-10,12-19,30H,5,7,11H2,1-2H3. The molecule has 39 heavy (non-hydrogen) atoms. The van der Waals surface area contributed by atoms with E-state index in [-0.39, 0.29) is 16.7 Å². The Balaban J connectivity index is 1.47. The highest BCUT2D eigenvalue weighted by Crippen LogP contribution is 2.51. The van der Waals surface area contributed by atoms with Gasteiger partial charge in [-0.25, -0.2) is 4.99 Å². The van der Waals surface area contributed by atoms with Crippen LogP contribution in [-0.4, -0.2) is 29.2 Å². The zero-order chi connectivity index (χ0) is 26.9. The van der Waals surface area contributed by atoms with E-state index in [4.69, 9.17) is 14.5 Å². The Bertz CT molecular complexity index is 1570. The van der Waals surface area contributed by atoms with Crippen LogP contribution in [0.3, 0.4) is 0 Å². The van der Waals surface area contributed by atoms with E-state index < -0.39 is 0 Å². The molecule has 8 heteroatoms. The Hall–Kier alpha value is -4.30. The normalized spacial score (nSPS) is 19.3. The molecule has 7 nitrogen and oxygen atoms in total. The van der Waals surface area contributed by atoms with E-state index in [2.05, 4.69) is 34.6 Å². The Labute approximate surface area is 231 Å². The minimum absolute atomic E-state index is 0.0754. The number of fused-ring (bicyclic) bond motifs is 1. The highest BCUT2D eigenvalue weighted by atomic mass is 32.2. The van der Waals surface area contributed by atoms with E-state index in [1.54, 1.807) is 38.1 Å². The number of methoxy groups -OCH3 is 2. The second-order valence-electron chi connectivity index (χ2n) is 9.54. The van der Waals surface area contributed by atoms with Crippen LogP contribution in [0.15, 0.2) is 100 Å². The van der Waals surface area contributed by atoms with Crippen LogP contribution in [-0.2, 0) is 0 Å². The van der Waals surface area contributed by atoms with Crippen LogP contribution in [0.5, 0.6) is 11.5 Å². The first-order valence-electron chi connectivity index (χ1n) is 12.8. The van der Waals surface area contributed by atoms with Crippen LogP contribution < -0.4 is 9.47 Å². The molecule has 0 bridgehead atoms. The first-order valence-corrected chi connectivity index (χ1v) is 13.7. The molecule has 196 valence electrons. The zero-order valence-corrected chi connectivity index (χ0v) is 22.5. The number of non-ortho nitro benzene ring substituents is 1. The first-order chi connectivity index (χ1) is 19.1. The van der Waals surface area contributed by atoms with Gasteiger partial charge in [0.2, 0.25) is 0 Å². The minimum Gasteiger partial charge on any atom is -0.497 e. The number of rotatable bonds is 6. The lowest BCUT2D eigenvalue weighted by molar-refractivity contribution is -0.384. The van der Waals surface area contributed by atoms with Gasteiger partial charge in [0.05, 0.1) is 36.6 Å². The Morgan fingerprint density at radius 1 is 1.00 bits per heavy atom. The van der Waals surface area contributed by atoms with Crippen molar-refractivity contribution in [1.82, 2.24) is 4.90 Å². The van der Waals surface area contributed by atoms with E-state index in [1.807, 2.05) is 42.5 Å². The molecule has 0 radical (unpaired) electrons. The number of thioether (sulfide) groups is 1. The smallest absolute Gasteiger partial charge is 0.269 e. The number of nitro benzene ring substituents is 1. The van der Waals surface area contributed by atoms with Crippen LogP contribution >= 0.6 is 11.8 Å². The van der Waals surface area contributed by atoms with Crippen molar-refractivity contribution in [2.24, 2.45) is 4.99 Å². The molecule has 0 aromatic heterocycles. The summed E-state index contributed by atoms with van der Waals surface area (Å²) in [5, 5.41) is 14.2. The van der Waals surface area contributed by atoms with Crippen LogP contribution in [0.25, 0.3) is 11.8 Å². The van der Waals surface area contributed by atoms with Crippen LogP contribution in [0.1, 0.15) is 42.0 Å². The van der Waals surface area contributed by atoms with Gasteiger partial charge in [0.1, 0.15) is 11.5 Å². The third kappa shape index (κ3) is 4.72. The van der Waals surface area contributed by atoms with Crippen molar-refractivity contribution in [3.8, 4) is 11.5 Å². The van der Waals surface area contributed by atoms with Gasteiger partial charge in [0, 0.05) is 17.5 Å². The summed E-state index contributed by atoms with van der Waals surface area (Å²) in [4.78, 5) is 18.4. The maximum Gasteiger partial charge on any atom is 0.269 e. The lowest BCUT2D eigenvalue weighted by Gasteiger charge is -2.40. The summed E-state index contributed by atoms with van der Waals surface area (Å²) in [5.74, 6) is 1.63. The summed E-state index contributed by atoms with van der Waals surface area (Å²) in [6.07, 6.45) is 5.13. The molecule has 3 aliphatic rings. The minimum atomic E-state index is -0.371.